The first-order valence-corrected chi connectivity index (χ1v) is 10.2. The Morgan fingerprint density at radius 3 is 2.44 bits per heavy atom. The van der Waals surface area contributed by atoms with Crippen molar-refractivity contribution in [3.63, 3.8) is 0 Å². The molecule has 1 heterocycles. The Bertz CT molecular complexity index is 1010. The van der Waals surface area contributed by atoms with E-state index in [1.54, 1.807) is 12.1 Å². The van der Waals surface area contributed by atoms with Crippen molar-refractivity contribution < 1.29 is 13.2 Å². The molecule has 1 aromatic heterocycles. The lowest BCUT2D eigenvalue weighted by Gasteiger charge is -2.09. The zero-order valence-electron chi connectivity index (χ0n) is 14.0. The lowest BCUT2D eigenvalue weighted by molar-refractivity contribution is 0.307. The molecule has 0 atom stereocenters. The SMILES string of the molecule is O=S(=O)(NCCOc1ccc(-c2ccccc2)nn1)c1cc(Cl)ccc1Cl. The smallest absolute Gasteiger partial charge is 0.242 e. The van der Waals surface area contributed by atoms with Gasteiger partial charge in [0.15, 0.2) is 0 Å². The Labute approximate surface area is 167 Å². The second-order valence-electron chi connectivity index (χ2n) is 5.44. The summed E-state index contributed by atoms with van der Waals surface area (Å²) >= 11 is 11.8. The van der Waals surface area contributed by atoms with Crippen LogP contribution in [-0.2, 0) is 10.0 Å². The topological polar surface area (TPSA) is 81.2 Å². The fourth-order valence-electron chi connectivity index (χ4n) is 2.25. The maximum atomic E-state index is 12.3. The highest BCUT2D eigenvalue weighted by Crippen LogP contribution is 2.24. The van der Waals surface area contributed by atoms with Crippen molar-refractivity contribution in [2.24, 2.45) is 0 Å². The van der Waals surface area contributed by atoms with Gasteiger partial charge in [0, 0.05) is 23.2 Å². The standard InChI is InChI=1S/C18H15Cl2N3O3S/c19-14-6-7-15(20)17(12-14)27(24,25)21-10-11-26-18-9-8-16(22-23-18)13-4-2-1-3-5-13/h1-9,12,21H,10-11H2. The average molecular weight is 424 g/mol. The molecule has 1 N–H and O–H groups in total. The maximum Gasteiger partial charge on any atom is 0.242 e. The molecule has 6 nitrogen and oxygen atoms in total. The van der Waals surface area contributed by atoms with Crippen molar-refractivity contribution >= 4 is 33.2 Å². The van der Waals surface area contributed by atoms with Crippen molar-refractivity contribution in [2.45, 2.75) is 4.90 Å². The van der Waals surface area contributed by atoms with Crippen molar-refractivity contribution in [1.82, 2.24) is 14.9 Å². The molecule has 27 heavy (non-hydrogen) atoms. The van der Waals surface area contributed by atoms with E-state index in [1.165, 1.54) is 18.2 Å². The van der Waals surface area contributed by atoms with E-state index in [2.05, 4.69) is 14.9 Å². The Morgan fingerprint density at radius 2 is 1.74 bits per heavy atom. The van der Waals surface area contributed by atoms with Gasteiger partial charge in [-0.05, 0) is 24.3 Å². The van der Waals surface area contributed by atoms with Gasteiger partial charge in [-0.2, -0.15) is 0 Å². The molecule has 0 amide bonds. The number of benzene rings is 2. The number of rotatable bonds is 7. The van der Waals surface area contributed by atoms with Crippen LogP contribution < -0.4 is 9.46 Å². The highest BCUT2D eigenvalue weighted by Gasteiger charge is 2.18. The van der Waals surface area contributed by atoms with E-state index in [9.17, 15) is 8.42 Å². The van der Waals surface area contributed by atoms with Crippen molar-refractivity contribution in [3.8, 4) is 17.1 Å². The van der Waals surface area contributed by atoms with Crippen LogP contribution in [0.3, 0.4) is 0 Å². The van der Waals surface area contributed by atoms with E-state index in [0.717, 1.165) is 11.3 Å². The minimum Gasteiger partial charge on any atom is -0.475 e. The summed E-state index contributed by atoms with van der Waals surface area (Å²) in [5.74, 6) is 0.301. The molecule has 0 bridgehead atoms. The highest BCUT2D eigenvalue weighted by atomic mass is 35.5. The highest BCUT2D eigenvalue weighted by molar-refractivity contribution is 7.89. The van der Waals surface area contributed by atoms with Crippen molar-refractivity contribution in [1.29, 1.82) is 0 Å². The second kappa shape index (κ2) is 8.67. The quantitative estimate of drug-likeness (QED) is 0.584. The van der Waals surface area contributed by atoms with Gasteiger partial charge in [-0.15, -0.1) is 10.2 Å². The molecule has 0 aliphatic heterocycles. The summed E-state index contributed by atoms with van der Waals surface area (Å²) < 4.78 is 32.4. The van der Waals surface area contributed by atoms with Crippen LogP contribution in [0.15, 0.2) is 65.6 Å². The van der Waals surface area contributed by atoms with Crippen LogP contribution >= 0.6 is 23.2 Å². The van der Waals surface area contributed by atoms with Gasteiger partial charge in [0.2, 0.25) is 15.9 Å². The molecule has 140 valence electrons. The van der Waals surface area contributed by atoms with Gasteiger partial charge >= 0.3 is 0 Å². The summed E-state index contributed by atoms with van der Waals surface area (Å²) in [6, 6.07) is 17.3. The van der Waals surface area contributed by atoms with Crippen molar-refractivity contribution in [2.75, 3.05) is 13.2 Å². The first kappa shape index (κ1) is 19.6. The largest absolute Gasteiger partial charge is 0.475 e. The number of aromatic nitrogens is 2. The Kier molecular flexibility index (Phi) is 6.28. The zero-order chi connectivity index (χ0) is 19.3. The molecule has 3 aromatic rings. The summed E-state index contributed by atoms with van der Waals surface area (Å²) in [7, 11) is -3.79. The molecule has 3 rings (SSSR count). The van der Waals surface area contributed by atoms with Gasteiger partial charge in [0.25, 0.3) is 0 Å². The molecule has 0 unspecified atom stereocenters. The molecule has 0 radical (unpaired) electrons. The van der Waals surface area contributed by atoms with E-state index in [1.807, 2.05) is 30.3 Å². The Balaban J connectivity index is 1.55. The van der Waals surface area contributed by atoms with Crippen LogP contribution in [0, 0.1) is 0 Å². The van der Waals surface area contributed by atoms with Gasteiger partial charge in [-0.1, -0.05) is 53.5 Å². The lowest BCUT2D eigenvalue weighted by Crippen LogP contribution is -2.28. The molecule has 0 saturated carbocycles. The number of nitrogens with one attached hydrogen (secondary N) is 1. The van der Waals surface area contributed by atoms with Crippen LogP contribution in [-0.4, -0.2) is 31.8 Å². The van der Waals surface area contributed by atoms with Gasteiger partial charge in [0.05, 0.1) is 10.7 Å². The maximum absolute atomic E-state index is 12.3. The molecule has 2 aromatic carbocycles. The summed E-state index contributed by atoms with van der Waals surface area (Å²) in [6.07, 6.45) is 0. The fourth-order valence-corrected chi connectivity index (χ4v) is 4.03. The Hall–Kier alpha value is -2.19. The Morgan fingerprint density at radius 1 is 0.963 bits per heavy atom. The zero-order valence-corrected chi connectivity index (χ0v) is 16.3. The summed E-state index contributed by atoms with van der Waals surface area (Å²) in [5, 5.41) is 8.46. The van der Waals surface area contributed by atoms with Crippen molar-refractivity contribution in [3.05, 3.63) is 70.7 Å². The third-order valence-electron chi connectivity index (χ3n) is 3.54. The first-order valence-electron chi connectivity index (χ1n) is 7.92. The molecule has 0 aliphatic rings. The van der Waals surface area contributed by atoms with Crippen LogP contribution in [0.4, 0.5) is 0 Å². The molecule has 9 heteroatoms. The van der Waals surface area contributed by atoms with E-state index in [-0.39, 0.29) is 28.1 Å². The second-order valence-corrected chi connectivity index (χ2v) is 8.02. The van der Waals surface area contributed by atoms with Gasteiger partial charge < -0.3 is 4.74 Å². The number of hydrogen-bond donors (Lipinski definition) is 1. The van der Waals surface area contributed by atoms with Crippen LogP contribution in [0.1, 0.15) is 0 Å². The predicted molar refractivity (Wildman–Crippen MR) is 105 cm³/mol. The fraction of sp³-hybridized carbons (Fsp3) is 0.111. The lowest BCUT2D eigenvalue weighted by atomic mass is 10.1. The summed E-state index contributed by atoms with van der Waals surface area (Å²) in [4.78, 5) is -0.0799. The van der Waals surface area contributed by atoms with Gasteiger partial charge in [-0.3, -0.25) is 0 Å². The van der Waals surface area contributed by atoms with Crippen LogP contribution in [0.25, 0.3) is 11.3 Å². The number of sulfonamides is 1. The molecule has 0 saturated heterocycles. The molecule has 0 aliphatic carbocycles. The summed E-state index contributed by atoms with van der Waals surface area (Å²) in [6.45, 7) is 0.115. The third kappa shape index (κ3) is 5.17. The van der Waals surface area contributed by atoms with Crippen LogP contribution in [0.5, 0.6) is 5.88 Å². The van der Waals surface area contributed by atoms with E-state index in [0.29, 0.717) is 5.88 Å². The third-order valence-corrected chi connectivity index (χ3v) is 5.71. The number of nitrogens with zero attached hydrogens (tertiary/aromatic N) is 2. The summed E-state index contributed by atoms with van der Waals surface area (Å²) in [5.41, 5.74) is 1.67. The van der Waals surface area contributed by atoms with Gasteiger partial charge in [0.1, 0.15) is 11.5 Å². The molecular formula is C18H15Cl2N3O3S. The van der Waals surface area contributed by atoms with Gasteiger partial charge in [-0.25, -0.2) is 13.1 Å². The minimum atomic E-state index is -3.79. The first-order chi connectivity index (χ1) is 13.0. The number of hydrogen-bond acceptors (Lipinski definition) is 5. The normalized spacial score (nSPS) is 11.3. The molecule has 0 fully saturated rings. The number of ether oxygens (including phenoxy) is 1. The predicted octanol–water partition coefficient (Wildman–Crippen LogP) is 3.81. The number of halogens is 2. The molecular weight excluding hydrogens is 409 g/mol. The monoisotopic (exact) mass is 423 g/mol. The molecule has 0 spiro atoms. The van der Waals surface area contributed by atoms with Crippen LogP contribution in [0.2, 0.25) is 10.0 Å². The minimum absolute atomic E-state index is 0.0350. The van der Waals surface area contributed by atoms with E-state index >= 15 is 0 Å². The van der Waals surface area contributed by atoms with E-state index in [4.69, 9.17) is 27.9 Å². The van der Waals surface area contributed by atoms with E-state index < -0.39 is 10.0 Å². The average Bonchev–Trinajstić information content (AvgIpc) is 2.68.